The molecule has 84 valence electrons. The van der Waals surface area contributed by atoms with Gasteiger partial charge in [0.05, 0.1) is 6.61 Å². The van der Waals surface area contributed by atoms with Crippen molar-refractivity contribution in [2.24, 2.45) is 0 Å². The average Bonchev–Trinajstić information content (AvgIpc) is 2.61. The Morgan fingerprint density at radius 3 is 3.00 bits per heavy atom. The lowest BCUT2D eigenvalue weighted by Crippen LogP contribution is -2.09. The van der Waals surface area contributed by atoms with E-state index in [-0.39, 0.29) is 5.82 Å². The Labute approximate surface area is 105 Å². The number of halogens is 1. The Bertz CT molecular complexity index is 553. The minimum atomic E-state index is -0.490. The molecule has 0 radical (unpaired) electrons. The Balaban J connectivity index is 2.54. The quantitative estimate of drug-likeness (QED) is 0.632. The summed E-state index contributed by atoms with van der Waals surface area (Å²) < 4.78 is 5.50. The molecule has 2 aromatic heterocycles. The topological polar surface area (TPSA) is 52.1 Å². The van der Waals surface area contributed by atoms with Gasteiger partial charge in [0.15, 0.2) is 0 Å². The lowest BCUT2D eigenvalue weighted by Gasteiger charge is -2.01. The van der Waals surface area contributed by atoms with E-state index in [9.17, 15) is 4.79 Å². The van der Waals surface area contributed by atoms with Crippen LogP contribution in [0.2, 0.25) is 0 Å². The molecule has 6 heteroatoms. The van der Waals surface area contributed by atoms with E-state index in [1.54, 1.807) is 6.92 Å². The van der Waals surface area contributed by atoms with Crippen LogP contribution in [0, 0.1) is 6.92 Å². The van der Waals surface area contributed by atoms with Gasteiger partial charge >= 0.3 is 5.97 Å². The molecule has 2 aromatic rings. The number of aromatic nitrogens is 2. The number of ether oxygens (including phenoxy) is 1. The highest BCUT2D eigenvalue weighted by Gasteiger charge is 2.15. The van der Waals surface area contributed by atoms with Crippen molar-refractivity contribution >= 4 is 43.5 Å². The summed E-state index contributed by atoms with van der Waals surface area (Å²) in [4.78, 5) is 20.5. The Morgan fingerprint density at radius 2 is 2.31 bits per heavy atom. The summed E-state index contributed by atoms with van der Waals surface area (Å²) in [7, 11) is 0. The number of carbonyl (C=O) groups excluding carboxylic acids is 1. The predicted molar refractivity (Wildman–Crippen MR) is 65.8 cm³/mol. The number of aryl methyl sites for hydroxylation is 1. The van der Waals surface area contributed by atoms with Gasteiger partial charge in [0.2, 0.25) is 5.82 Å². The van der Waals surface area contributed by atoms with Crippen LogP contribution in [0.5, 0.6) is 0 Å². The largest absolute Gasteiger partial charge is 0.460 e. The smallest absolute Gasteiger partial charge is 0.376 e. The van der Waals surface area contributed by atoms with Crippen molar-refractivity contribution in [3.8, 4) is 0 Å². The summed E-state index contributed by atoms with van der Waals surface area (Å²) in [5.74, 6) is -0.390. The molecule has 0 spiro atoms. The van der Waals surface area contributed by atoms with Crippen LogP contribution in [0.15, 0.2) is 9.98 Å². The van der Waals surface area contributed by atoms with Crippen LogP contribution in [0.25, 0.3) is 10.2 Å². The Morgan fingerprint density at radius 1 is 1.56 bits per heavy atom. The first-order valence-corrected chi connectivity index (χ1v) is 6.39. The van der Waals surface area contributed by atoms with Crippen LogP contribution in [0.4, 0.5) is 0 Å². The van der Waals surface area contributed by atoms with Gasteiger partial charge in [-0.3, -0.25) is 0 Å². The van der Waals surface area contributed by atoms with Crippen molar-refractivity contribution in [2.45, 2.75) is 13.8 Å². The summed E-state index contributed by atoms with van der Waals surface area (Å²) in [6.07, 6.45) is 0. The van der Waals surface area contributed by atoms with Gasteiger partial charge in [0.25, 0.3) is 0 Å². The molecule has 0 saturated carbocycles. The zero-order valence-electron chi connectivity index (χ0n) is 8.78. The molecular formula is C10H9BrN2O2S. The zero-order chi connectivity index (χ0) is 11.7. The maximum Gasteiger partial charge on any atom is 0.376 e. The van der Waals surface area contributed by atoms with Crippen LogP contribution in [-0.2, 0) is 4.74 Å². The van der Waals surface area contributed by atoms with Gasteiger partial charge < -0.3 is 4.74 Å². The summed E-state index contributed by atoms with van der Waals surface area (Å²) in [5.41, 5.74) is 1.10. The van der Waals surface area contributed by atoms with E-state index < -0.39 is 5.97 Å². The molecule has 0 aliphatic carbocycles. The fourth-order valence-electron chi connectivity index (χ4n) is 1.32. The highest BCUT2D eigenvalue weighted by molar-refractivity contribution is 9.10. The first-order chi connectivity index (χ1) is 7.63. The van der Waals surface area contributed by atoms with Gasteiger partial charge in [-0.2, -0.15) is 0 Å². The molecule has 0 unspecified atom stereocenters. The van der Waals surface area contributed by atoms with Crippen molar-refractivity contribution in [2.75, 3.05) is 6.61 Å². The molecule has 2 heterocycles. The molecular weight excluding hydrogens is 292 g/mol. The van der Waals surface area contributed by atoms with Gasteiger partial charge in [-0.05, 0) is 40.7 Å². The van der Waals surface area contributed by atoms with Gasteiger partial charge in [-0.25, -0.2) is 14.8 Å². The second-order valence-electron chi connectivity index (χ2n) is 3.16. The first-order valence-electron chi connectivity index (χ1n) is 4.72. The summed E-state index contributed by atoms with van der Waals surface area (Å²) in [6.45, 7) is 4.05. The predicted octanol–water partition coefficient (Wildman–Crippen LogP) is 2.94. The highest BCUT2D eigenvalue weighted by Crippen LogP contribution is 2.29. The number of hydrogen-bond acceptors (Lipinski definition) is 5. The van der Waals surface area contributed by atoms with E-state index in [1.807, 2.05) is 12.3 Å². The third-order valence-corrected chi connectivity index (χ3v) is 3.60. The minimum Gasteiger partial charge on any atom is -0.460 e. The standard InChI is InChI=1S/C10H9BrN2O2S/c1-3-15-10(14)8-12-7(11)6-5(2)4-16-9(6)13-8/h4H,3H2,1-2H3. The van der Waals surface area contributed by atoms with Crippen molar-refractivity contribution < 1.29 is 9.53 Å². The van der Waals surface area contributed by atoms with Crippen LogP contribution in [0.3, 0.4) is 0 Å². The molecule has 0 fully saturated rings. The fourth-order valence-corrected chi connectivity index (χ4v) is 3.04. The van der Waals surface area contributed by atoms with E-state index in [4.69, 9.17) is 4.74 Å². The number of nitrogens with zero attached hydrogens (tertiary/aromatic N) is 2. The van der Waals surface area contributed by atoms with E-state index in [0.717, 1.165) is 15.8 Å². The highest BCUT2D eigenvalue weighted by atomic mass is 79.9. The number of esters is 1. The van der Waals surface area contributed by atoms with Crippen LogP contribution in [-0.4, -0.2) is 22.5 Å². The van der Waals surface area contributed by atoms with Gasteiger partial charge in [-0.1, -0.05) is 0 Å². The van der Waals surface area contributed by atoms with Gasteiger partial charge in [0.1, 0.15) is 9.43 Å². The van der Waals surface area contributed by atoms with E-state index >= 15 is 0 Å². The normalized spacial score (nSPS) is 10.7. The molecule has 0 aliphatic heterocycles. The summed E-state index contributed by atoms with van der Waals surface area (Å²) in [5, 5.41) is 2.94. The maximum absolute atomic E-state index is 11.5. The van der Waals surface area contributed by atoms with E-state index in [1.165, 1.54) is 11.3 Å². The number of rotatable bonds is 2. The molecule has 0 aliphatic rings. The molecule has 0 atom stereocenters. The summed E-state index contributed by atoms with van der Waals surface area (Å²) >= 11 is 4.83. The van der Waals surface area contributed by atoms with Crippen LogP contribution >= 0.6 is 27.3 Å². The SMILES string of the molecule is CCOC(=O)c1nc(Br)c2c(C)csc2n1. The van der Waals surface area contributed by atoms with Crippen molar-refractivity contribution in [1.29, 1.82) is 0 Å². The molecule has 4 nitrogen and oxygen atoms in total. The zero-order valence-corrected chi connectivity index (χ0v) is 11.2. The molecule has 16 heavy (non-hydrogen) atoms. The first kappa shape index (κ1) is 11.5. The second kappa shape index (κ2) is 4.47. The van der Waals surface area contributed by atoms with E-state index in [0.29, 0.717) is 11.2 Å². The third kappa shape index (κ3) is 1.94. The number of carbonyl (C=O) groups is 1. The lowest BCUT2D eigenvalue weighted by atomic mass is 10.3. The lowest BCUT2D eigenvalue weighted by molar-refractivity contribution is 0.0512. The monoisotopic (exact) mass is 300 g/mol. The van der Waals surface area contributed by atoms with Crippen molar-refractivity contribution in [3.63, 3.8) is 0 Å². The Kier molecular flexibility index (Phi) is 3.20. The number of hydrogen-bond donors (Lipinski definition) is 0. The molecule has 0 amide bonds. The van der Waals surface area contributed by atoms with Crippen LogP contribution < -0.4 is 0 Å². The molecule has 0 saturated heterocycles. The molecule has 2 rings (SSSR count). The minimum absolute atomic E-state index is 0.100. The fraction of sp³-hybridized carbons (Fsp3) is 0.300. The number of thiophene rings is 1. The van der Waals surface area contributed by atoms with Crippen molar-refractivity contribution in [3.05, 3.63) is 21.4 Å². The third-order valence-electron chi connectivity index (χ3n) is 2.03. The van der Waals surface area contributed by atoms with E-state index in [2.05, 4.69) is 25.9 Å². The second-order valence-corrected chi connectivity index (χ2v) is 4.77. The average molecular weight is 301 g/mol. The van der Waals surface area contributed by atoms with Gasteiger partial charge in [0, 0.05) is 5.39 Å². The Hall–Kier alpha value is -1.01. The molecule has 0 N–H and O–H groups in total. The van der Waals surface area contributed by atoms with Crippen LogP contribution in [0.1, 0.15) is 23.1 Å². The number of fused-ring (bicyclic) bond motifs is 1. The maximum atomic E-state index is 11.5. The molecule has 0 bridgehead atoms. The van der Waals surface area contributed by atoms with Gasteiger partial charge in [-0.15, -0.1) is 11.3 Å². The van der Waals surface area contributed by atoms with Crippen molar-refractivity contribution in [1.82, 2.24) is 9.97 Å². The molecule has 0 aromatic carbocycles. The summed E-state index contributed by atoms with van der Waals surface area (Å²) in [6, 6.07) is 0.